The molecule has 3 aromatic rings. The van der Waals surface area contributed by atoms with Gasteiger partial charge in [-0.05, 0) is 54.8 Å². The van der Waals surface area contributed by atoms with Crippen LogP contribution in [0.3, 0.4) is 0 Å². The van der Waals surface area contributed by atoms with Crippen LogP contribution < -0.4 is 19.8 Å². The Kier molecular flexibility index (Phi) is 8.08. The van der Waals surface area contributed by atoms with Crippen LogP contribution >= 0.6 is 0 Å². The van der Waals surface area contributed by atoms with Gasteiger partial charge in [-0.15, -0.1) is 0 Å². The third-order valence-corrected chi connectivity index (χ3v) is 5.00. The Morgan fingerprint density at radius 3 is 2.66 bits per heavy atom. The molecule has 2 aromatic carbocycles. The SMILES string of the molecule is CCCCCCOc1ccc(/C=C/C(=O)Oc2ccc3c(C)cc(=O)oc3c2)cc1OC. The largest absolute Gasteiger partial charge is 0.493 e. The fraction of sp³-hybridized carbons (Fsp3) is 0.308. The van der Waals surface area contributed by atoms with Gasteiger partial charge in [-0.3, -0.25) is 0 Å². The second-order valence-electron chi connectivity index (χ2n) is 7.48. The highest BCUT2D eigenvalue weighted by Gasteiger charge is 2.08. The van der Waals surface area contributed by atoms with Crippen LogP contribution in [-0.2, 0) is 4.79 Å². The molecular formula is C26H28O6. The van der Waals surface area contributed by atoms with E-state index in [0.717, 1.165) is 29.4 Å². The Bertz CT molecular complexity index is 1160. The quantitative estimate of drug-likeness (QED) is 0.134. The fourth-order valence-electron chi connectivity index (χ4n) is 3.30. The predicted molar refractivity (Wildman–Crippen MR) is 125 cm³/mol. The number of hydrogen-bond acceptors (Lipinski definition) is 6. The maximum absolute atomic E-state index is 12.2. The van der Waals surface area contributed by atoms with Crippen molar-refractivity contribution in [1.82, 2.24) is 0 Å². The summed E-state index contributed by atoms with van der Waals surface area (Å²) in [5.74, 6) is 1.03. The van der Waals surface area contributed by atoms with Crippen molar-refractivity contribution in [3.8, 4) is 17.2 Å². The highest BCUT2D eigenvalue weighted by Crippen LogP contribution is 2.29. The van der Waals surface area contributed by atoms with Crippen LogP contribution in [0.15, 0.2) is 57.8 Å². The molecular weight excluding hydrogens is 408 g/mol. The summed E-state index contributed by atoms with van der Waals surface area (Å²) in [6, 6.07) is 11.9. The first kappa shape index (κ1) is 23.1. The van der Waals surface area contributed by atoms with E-state index in [-0.39, 0.29) is 0 Å². The van der Waals surface area contributed by atoms with E-state index in [9.17, 15) is 9.59 Å². The molecule has 32 heavy (non-hydrogen) atoms. The zero-order valence-corrected chi connectivity index (χ0v) is 18.7. The van der Waals surface area contributed by atoms with Gasteiger partial charge in [-0.2, -0.15) is 0 Å². The van der Waals surface area contributed by atoms with Gasteiger partial charge in [0, 0.05) is 23.6 Å². The average Bonchev–Trinajstić information content (AvgIpc) is 2.77. The molecule has 0 atom stereocenters. The number of rotatable bonds is 10. The number of esters is 1. The van der Waals surface area contributed by atoms with Crippen LogP contribution in [0, 0.1) is 6.92 Å². The molecule has 0 aliphatic heterocycles. The lowest BCUT2D eigenvalue weighted by Crippen LogP contribution is -2.04. The van der Waals surface area contributed by atoms with E-state index in [1.54, 1.807) is 31.4 Å². The second-order valence-corrected chi connectivity index (χ2v) is 7.48. The van der Waals surface area contributed by atoms with Crippen molar-refractivity contribution in [2.75, 3.05) is 13.7 Å². The zero-order valence-electron chi connectivity index (χ0n) is 18.7. The van der Waals surface area contributed by atoms with Gasteiger partial charge in [0.25, 0.3) is 0 Å². The molecule has 0 N–H and O–H groups in total. The molecule has 0 bridgehead atoms. The molecule has 0 spiro atoms. The molecule has 0 amide bonds. The maximum atomic E-state index is 12.2. The number of fused-ring (bicyclic) bond motifs is 1. The van der Waals surface area contributed by atoms with Crippen molar-refractivity contribution >= 4 is 23.0 Å². The van der Waals surface area contributed by atoms with Crippen LogP contribution in [-0.4, -0.2) is 19.7 Å². The molecule has 0 saturated carbocycles. The molecule has 6 nitrogen and oxygen atoms in total. The Morgan fingerprint density at radius 2 is 1.88 bits per heavy atom. The van der Waals surface area contributed by atoms with Gasteiger partial charge >= 0.3 is 11.6 Å². The minimum atomic E-state index is -0.547. The third-order valence-electron chi connectivity index (χ3n) is 5.00. The molecule has 168 valence electrons. The van der Waals surface area contributed by atoms with Crippen LogP contribution in [0.1, 0.15) is 43.7 Å². The lowest BCUT2D eigenvalue weighted by molar-refractivity contribution is -0.128. The molecule has 0 radical (unpaired) electrons. The predicted octanol–water partition coefficient (Wildman–Crippen LogP) is 5.69. The Hall–Kier alpha value is -3.54. The van der Waals surface area contributed by atoms with Crippen LogP contribution in [0.25, 0.3) is 17.0 Å². The average molecular weight is 437 g/mol. The topological polar surface area (TPSA) is 75.0 Å². The summed E-state index contributed by atoms with van der Waals surface area (Å²) in [5, 5.41) is 0.791. The summed E-state index contributed by atoms with van der Waals surface area (Å²) in [7, 11) is 1.58. The number of benzene rings is 2. The smallest absolute Gasteiger partial charge is 0.336 e. The maximum Gasteiger partial charge on any atom is 0.336 e. The van der Waals surface area contributed by atoms with E-state index in [0.29, 0.717) is 29.4 Å². The molecule has 1 heterocycles. The van der Waals surface area contributed by atoms with Crippen molar-refractivity contribution in [1.29, 1.82) is 0 Å². The number of aryl methyl sites for hydroxylation is 1. The molecule has 0 unspecified atom stereocenters. The van der Waals surface area contributed by atoms with Gasteiger partial charge in [-0.1, -0.05) is 32.3 Å². The number of unbranched alkanes of at least 4 members (excludes halogenated alkanes) is 3. The van der Waals surface area contributed by atoms with E-state index in [4.69, 9.17) is 18.6 Å². The van der Waals surface area contributed by atoms with E-state index >= 15 is 0 Å². The summed E-state index contributed by atoms with van der Waals surface area (Å²) in [6.45, 7) is 4.64. The summed E-state index contributed by atoms with van der Waals surface area (Å²) in [6.07, 6.45) is 7.50. The van der Waals surface area contributed by atoms with Crippen molar-refractivity contribution in [3.63, 3.8) is 0 Å². The number of carbonyl (C=O) groups excluding carboxylic acids is 1. The summed E-state index contributed by atoms with van der Waals surface area (Å²) >= 11 is 0. The monoisotopic (exact) mass is 436 g/mol. The van der Waals surface area contributed by atoms with Gasteiger partial charge in [0.1, 0.15) is 11.3 Å². The van der Waals surface area contributed by atoms with Crippen LogP contribution in [0.4, 0.5) is 0 Å². The van der Waals surface area contributed by atoms with Crippen LogP contribution in [0.5, 0.6) is 17.2 Å². The number of ether oxygens (including phenoxy) is 3. The van der Waals surface area contributed by atoms with Crippen molar-refractivity contribution < 1.29 is 23.4 Å². The summed E-state index contributed by atoms with van der Waals surface area (Å²) < 4.78 is 21.8. The van der Waals surface area contributed by atoms with E-state index in [2.05, 4.69) is 6.92 Å². The van der Waals surface area contributed by atoms with E-state index in [1.807, 2.05) is 19.1 Å². The van der Waals surface area contributed by atoms with Gasteiger partial charge in [0.05, 0.1) is 13.7 Å². The first-order valence-corrected chi connectivity index (χ1v) is 10.8. The minimum Gasteiger partial charge on any atom is -0.493 e. The molecule has 0 saturated heterocycles. The van der Waals surface area contributed by atoms with Crippen molar-refractivity contribution in [2.45, 2.75) is 39.5 Å². The van der Waals surface area contributed by atoms with Gasteiger partial charge in [-0.25, -0.2) is 9.59 Å². The molecule has 6 heteroatoms. The van der Waals surface area contributed by atoms with E-state index in [1.165, 1.54) is 31.1 Å². The zero-order chi connectivity index (χ0) is 22.9. The highest BCUT2D eigenvalue weighted by molar-refractivity contribution is 5.89. The number of hydrogen-bond donors (Lipinski definition) is 0. The normalized spacial score (nSPS) is 11.1. The minimum absolute atomic E-state index is 0.297. The molecule has 0 aliphatic carbocycles. The Balaban J connectivity index is 1.63. The van der Waals surface area contributed by atoms with Crippen molar-refractivity contribution in [3.05, 3.63) is 70.1 Å². The molecule has 1 aromatic heterocycles. The first-order chi connectivity index (χ1) is 15.5. The fourth-order valence-corrected chi connectivity index (χ4v) is 3.30. The van der Waals surface area contributed by atoms with Gasteiger partial charge in [0.15, 0.2) is 11.5 Å². The lowest BCUT2D eigenvalue weighted by atomic mass is 10.1. The van der Waals surface area contributed by atoms with E-state index < -0.39 is 11.6 Å². The highest BCUT2D eigenvalue weighted by atomic mass is 16.5. The summed E-state index contributed by atoms with van der Waals surface area (Å²) in [5.41, 5.74) is 1.51. The van der Waals surface area contributed by atoms with Gasteiger partial charge < -0.3 is 18.6 Å². The standard InChI is InChI=1S/C26H28O6/c1-4-5-6-7-14-30-22-12-8-19(16-24(22)29-3)9-13-25(27)31-20-10-11-21-18(2)15-26(28)32-23(21)17-20/h8-13,15-17H,4-7,14H2,1-3H3/b13-9+. The van der Waals surface area contributed by atoms with Crippen LogP contribution in [0.2, 0.25) is 0 Å². The number of methoxy groups -OCH3 is 1. The number of carbonyl (C=O) groups is 1. The molecule has 0 fully saturated rings. The molecule has 3 rings (SSSR count). The first-order valence-electron chi connectivity index (χ1n) is 10.8. The third kappa shape index (κ3) is 6.23. The molecule has 0 aliphatic rings. The summed E-state index contributed by atoms with van der Waals surface area (Å²) in [4.78, 5) is 23.8. The lowest BCUT2D eigenvalue weighted by Gasteiger charge is -2.11. The Morgan fingerprint density at radius 1 is 1.03 bits per heavy atom. The van der Waals surface area contributed by atoms with Crippen molar-refractivity contribution in [2.24, 2.45) is 0 Å². The van der Waals surface area contributed by atoms with Gasteiger partial charge in [0.2, 0.25) is 0 Å². The Labute approximate surface area is 187 Å². The second kappa shape index (κ2) is 11.2.